The number of ether oxygens (including phenoxy) is 1. The van der Waals surface area contributed by atoms with Gasteiger partial charge in [0, 0.05) is 19.8 Å². The fourth-order valence-electron chi connectivity index (χ4n) is 4.11. The number of sulfone groups is 1. The van der Waals surface area contributed by atoms with Crippen LogP contribution in [0.25, 0.3) is 0 Å². The Labute approximate surface area is 208 Å². The Morgan fingerprint density at radius 2 is 1.80 bits per heavy atom. The van der Waals surface area contributed by atoms with Crippen molar-refractivity contribution in [2.45, 2.75) is 30.3 Å². The first-order valence-corrected chi connectivity index (χ1v) is 12.5. The van der Waals surface area contributed by atoms with Gasteiger partial charge in [0.1, 0.15) is 11.6 Å². The fraction of sp³-hybridized carbons (Fsp3) is 0.391. The standard InChI is InChI=1S/C23H25F2N3O5S.ClH/c24-16-3-1-15(2-4-16)12-28-20-9-17(22(29)27-11-14-5-7-33-8-6-14)18(25)10-21(20)34(31,32)13-19(26)23(28)30;/h1-4,9-10,14,19H,5-8,11-13,26H2,(H,27,29);1H/t19-;/m0./s1. The first-order valence-electron chi connectivity index (χ1n) is 10.9. The van der Waals surface area contributed by atoms with Crippen molar-refractivity contribution in [2.24, 2.45) is 11.7 Å². The molecule has 1 atom stereocenters. The van der Waals surface area contributed by atoms with Crippen molar-refractivity contribution in [3.05, 3.63) is 59.2 Å². The van der Waals surface area contributed by atoms with Gasteiger partial charge in [-0.2, -0.15) is 0 Å². The first-order chi connectivity index (χ1) is 16.2. The highest BCUT2D eigenvalue weighted by Gasteiger charge is 2.37. The molecule has 0 radical (unpaired) electrons. The molecule has 0 bridgehead atoms. The number of carbonyl (C=O) groups excluding carboxylic acids is 2. The number of nitrogens with one attached hydrogen (secondary N) is 1. The molecule has 0 aromatic heterocycles. The maximum Gasteiger partial charge on any atom is 0.254 e. The van der Waals surface area contributed by atoms with E-state index in [1.807, 2.05) is 0 Å². The Hall–Kier alpha value is -2.60. The largest absolute Gasteiger partial charge is 0.381 e. The van der Waals surface area contributed by atoms with Gasteiger partial charge in [0.15, 0.2) is 9.84 Å². The van der Waals surface area contributed by atoms with Crippen LogP contribution >= 0.6 is 12.4 Å². The summed E-state index contributed by atoms with van der Waals surface area (Å²) in [7, 11) is -4.12. The van der Waals surface area contributed by atoms with Gasteiger partial charge >= 0.3 is 0 Å². The Morgan fingerprint density at radius 3 is 2.46 bits per heavy atom. The van der Waals surface area contributed by atoms with Gasteiger partial charge in [-0.15, -0.1) is 12.4 Å². The summed E-state index contributed by atoms with van der Waals surface area (Å²) in [4.78, 5) is 26.5. The lowest BCUT2D eigenvalue weighted by atomic mass is 10.0. The molecule has 2 aromatic carbocycles. The zero-order valence-electron chi connectivity index (χ0n) is 18.7. The fourth-order valence-corrected chi connectivity index (χ4v) is 5.68. The van der Waals surface area contributed by atoms with Crippen molar-refractivity contribution >= 4 is 39.7 Å². The van der Waals surface area contributed by atoms with Crippen molar-refractivity contribution in [2.75, 3.05) is 30.4 Å². The van der Waals surface area contributed by atoms with Crippen molar-refractivity contribution < 1.29 is 31.5 Å². The third-order valence-corrected chi connectivity index (χ3v) is 7.84. The molecule has 35 heavy (non-hydrogen) atoms. The van der Waals surface area contributed by atoms with E-state index in [2.05, 4.69) is 5.32 Å². The van der Waals surface area contributed by atoms with Crippen molar-refractivity contribution in [1.82, 2.24) is 5.32 Å². The summed E-state index contributed by atoms with van der Waals surface area (Å²) in [5.74, 6) is -3.42. The molecule has 1 fully saturated rings. The lowest BCUT2D eigenvalue weighted by molar-refractivity contribution is -0.119. The number of benzene rings is 2. The van der Waals surface area contributed by atoms with E-state index in [9.17, 15) is 26.8 Å². The molecule has 1 saturated heterocycles. The smallest absolute Gasteiger partial charge is 0.254 e. The number of fused-ring (bicyclic) bond motifs is 1. The number of amides is 2. The van der Waals surface area contributed by atoms with Crippen LogP contribution in [0.15, 0.2) is 41.3 Å². The van der Waals surface area contributed by atoms with E-state index in [-0.39, 0.29) is 36.1 Å². The van der Waals surface area contributed by atoms with Crippen LogP contribution in [0.2, 0.25) is 0 Å². The van der Waals surface area contributed by atoms with Crippen molar-refractivity contribution in [3.63, 3.8) is 0 Å². The molecule has 2 aliphatic heterocycles. The second kappa shape index (κ2) is 11.0. The highest BCUT2D eigenvalue weighted by Crippen LogP contribution is 2.34. The number of anilines is 1. The van der Waals surface area contributed by atoms with E-state index in [1.165, 1.54) is 24.3 Å². The molecule has 2 amide bonds. The minimum Gasteiger partial charge on any atom is -0.381 e. The molecule has 4 rings (SSSR count). The van der Waals surface area contributed by atoms with Gasteiger partial charge in [-0.3, -0.25) is 9.59 Å². The Kier molecular flexibility index (Phi) is 8.47. The minimum absolute atomic E-state index is 0. The molecule has 190 valence electrons. The minimum atomic E-state index is -4.12. The van der Waals surface area contributed by atoms with Crippen LogP contribution in [0.3, 0.4) is 0 Å². The molecule has 2 aliphatic rings. The van der Waals surface area contributed by atoms with Gasteiger partial charge < -0.3 is 20.7 Å². The molecule has 2 heterocycles. The van der Waals surface area contributed by atoms with E-state index in [0.29, 0.717) is 25.3 Å². The summed E-state index contributed by atoms with van der Waals surface area (Å²) in [6.07, 6.45) is 1.53. The molecule has 0 aliphatic carbocycles. The number of halogens is 3. The topological polar surface area (TPSA) is 119 Å². The van der Waals surface area contributed by atoms with Gasteiger partial charge in [-0.25, -0.2) is 17.2 Å². The van der Waals surface area contributed by atoms with Crippen LogP contribution < -0.4 is 16.0 Å². The predicted octanol–water partition coefficient (Wildman–Crippen LogP) is 2.19. The second-order valence-electron chi connectivity index (χ2n) is 8.50. The summed E-state index contributed by atoms with van der Waals surface area (Å²) in [5.41, 5.74) is 5.84. The number of hydrogen-bond donors (Lipinski definition) is 2. The lowest BCUT2D eigenvalue weighted by Crippen LogP contribution is -2.45. The summed E-state index contributed by atoms with van der Waals surface area (Å²) >= 11 is 0. The molecule has 2 aromatic rings. The molecule has 3 N–H and O–H groups in total. The average molecular weight is 530 g/mol. The zero-order chi connectivity index (χ0) is 24.5. The van der Waals surface area contributed by atoms with Crippen LogP contribution in [0.1, 0.15) is 28.8 Å². The van der Waals surface area contributed by atoms with E-state index in [0.717, 1.165) is 29.9 Å². The quantitative estimate of drug-likeness (QED) is 0.613. The normalized spacial score (nSPS) is 19.9. The van der Waals surface area contributed by atoms with Crippen LogP contribution in [0.5, 0.6) is 0 Å². The van der Waals surface area contributed by atoms with E-state index >= 15 is 0 Å². The van der Waals surface area contributed by atoms with E-state index < -0.39 is 50.0 Å². The highest BCUT2D eigenvalue weighted by molar-refractivity contribution is 7.91. The third kappa shape index (κ3) is 5.97. The zero-order valence-corrected chi connectivity index (χ0v) is 20.3. The number of nitrogens with zero attached hydrogens (tertiary/aromatic N) is 1. The Bertz CT molecular complexity index is 1200. The first kappa shape index (κ1) is 27.0. The maximum atomic E-state index is 14.9. The van der Waals surface area contributed by atoms with Gasteiger partial charge in [0.05, 0.1) is 34.5 Å². The highest BCUT2D eigenvalue weighted by atomic mass is 35.5. The Balaban J connectivity index is 0.00000342. The summed E-state index contributed by atoms with van der Waals surface area (Å²) in [6, 6.07) is 5.74. The molecular weight excluding hydrogens is 504 g/mol. The molecule has 8 nitrogen and oxygen atoms in total. The molecular formula is C23H26ClF2N3O5S. The Morgan fingerprint density at radius 1 is 1.14 bits per heavy atom. The van der Waals surface area contributed by atoms with Gasteiger partial charge in [-0.05, 0) is 48.6 Å². The average Bonchev–Trinajstić information content (AvgIpc) is 2.87. The van der Waals surface area contributed by atoms with Crippen LogP contribution in [-0.4, -0.2) is 51.8 Å². The SMILES string of the molecule is Cl.N[C@H]1CS(=O)(=O)c2cc(F)c(C(=O)NCC3CCOCC3)cc2N(Cc2ccc(F)cc2)C1=O. The van der Waals surface area contributed by atoms with Gasteiger partial charge in [0.2, 0.25) is 5.91 Å². The second-order valence-corrected chi connectivity index (χ2v) is 10.5. The summed E-state index contributed by atoms with van der Waals surface area (Å²) in [6.45, 7) is 1.36. The van der Waals surface area contributed by atoms with Gasteiger partial charge in [0.25, 0.3) is 5.91 Å². The molecule has 12 heteroatoms. The van der Waals surface area contributed by atoms with Gasteiger partial charge in [-0.1, -0.05) is 12.1 Å². The number of hydrogen-bond acceptors (Lipinski definition) is 6. The molecule has 0 unspecified atom stereocenters. The van der Waals surface area contributed by atoms with Crippen LogP contribution in [-0.2, 0) is 25.9 Å². The number of rotatable bonds is 5. The number of nitrogens with two attached hydrogens (primary N) is 1. The summed E-state index contributed by atoms with van der Waals surface area (Å²) in [5, 5.41) is 2.69. The molecule has 0 spiro atoms. The van der Waals surface area contributed by atoms with E-state index in [1.54, 1.807) is 0 Å². The van der Waals surface area contributed by atoms with Crippen LogP contribution in [0, 0.1) is 17.6 Å². The predicted molar refractivity (Wildman–Crippen MR) is 127 cm³/mol. The summed E-state index contributed by atoms with van der Waals surface area (Å²) < 4.78 is 59.3. The monoisotopic (exact) mass is 529 g/mol. The number of carbonyl (C=O) groups is 2. The molecule has 0 saturated carbocycles. The maximum absolute atomic E-state index is 14.9. The lowest BCUT2D eigenvalue weighted by Gasteiger charge is -2.25. The van der Waals surface area contributed by atoms with Crippen molar-refractivity contribution in [3.8, 4) is 0 Å². The van der Waals surface area contributed by atoms with Crippen LogP contribution in [0.4, 0.5) is 14.5 Å². The third-order valence-electron chi connectivity index (χ3n) is 6.05. The van der Waals surface area contributed by atoms with Crippen molar-refractivity contribution in [1.29, 1.82) is 0 Å². The van der Waals surface area contributed by atoms with E-state index in [4.69, 9.17) is 10.5 Å².